The van der Waals surface area contributed by atoms with Crippen molar-refractivity contribution in [3.8, 4) is 0 Å². The summed E-state index contributed by atoms with van der Waals surface area (Å²) in [7, 11) is 0. The van der Waals surface area contributed by atoms with Gasteiger partial charge in [0, 0.05) is 11.1 Å². The second kappa shape index (κ2) is 6.04. The van der Waals surface area contributed by atoms with Crippen molar-refractivity contribution in [3.05, 3.63) is 59.7 Å². The summed E-state index contributed by atoms with van der Waals surface area (Å²) in [6.07, 6.45) is 0. The van der Waals surface area contributed by atoms with E-state index in [0.717, 1.165) is 18.2 Å². The standard InChI is InChI=1S/C14H12N2O5/c17-13(9-4-2-1-3-5-9)15-12-8-10(16(20)21)6-7-11(12)14(18)19/h1-8,20-21H,(H,15,17)(H,18,19)/p-1. The molecule has 0 saturated carbocycles. The van der Waals surface area contributed by atoms with Gasteiger partial charge >= 0.3 is 0 Å². The first-order chi connectivity index (χ1) is 9.99. The Kier molecular flexibility index (Phi) is 4.17. The van der Waals surface area contributed by atoms with Crippen molar-refractivity contribution in [1.82, 2.24) is 0 Å². The molecule has 0 bridgehead atoms. The Bertz CT molecular complexity index is 670. The molecule has 0 aliphatic heterocycles. The highest BCUT2D eigenvalue weighted by atomic mass is 16.8. The molecule has 0 radical (unpaired) electrons. The van der Waals surface area contributed by atoms with Gasteiger partial charge in [0.05, 0.1) is 17.3 Å². The highest BCUT2D eigenvalue weighted by Crippen LogP contribution is 2.22. The summed E-state index contributed by atoms with van der Waals surface area (Å²) in [5.41, 5.74) is -0.153. The summed E-state index contributed by atoms with van der Waals surface area (Å²) in [6, 6.07) is 11.5. The zero-order valence-corrected chi connectivity index (χ0v) is 10.7. The fourth-order valence-electron chi connectivity index (χ4n) is 1.72. The molecule has 7 nitrogen and oxygen atoms in total. The van der Waals surface area contributed by atoms with Crippen molar-refractivity contribution in [2.45, 2.75) is 0 Å². The van der Waals surface area contributed by atoms with Gasteiger partial charge in [-0.3, -0.25) is 15.2 Å². The number of benzene rings is 2. The number of hydrogen-bond acceptors (Lipinski definition) is 6. The highest BCUT2D eigenvalue weighted by molar-refractivity contribution is 6.07. The Labute approximate surface area is 119 Å². The van der Waals surface area contributed by atoms with Crippen molar-refractivity contribution >= 4 is 23.3 Å². The van der Waals surface area contributed by atoms with Crippen LogP contribution < -0.4 is 15.6 Å². The molecule has 0 heterocycles. The molecule has 21 heavy (non-hydrogen) atoms. The monoisotopic (exact) mass is 287 g/mol. The van der Waals surface area contributed by atoms with Crippen LogP contribution in [-0.4, -0.2) is 22.3 Å². The van der Waals surface area contributed by atoms with Gasteiger partial charge in [0.25, 0.3) is 5.91 Å². The normalized spacial score (nSPS) is 10.0. The van der Waals surface area contributed by atoms with Gasteiger partial charge in [-0.05, 0) is 30.3 Å². The number of carboxylic acids is 1. The van der Waals surface area contributed by atoms with E-state index in [2.05, 4.69) is 5.32 Å². The van der Waals surface area contributed by atoms with Crippen LogP contribution in [0.5, 0.6) is 0 Å². The van der Waals surface area contributed by atoms with Crippen LogP contribution in [0, 0.1) is 0 Å². The first kappa shape index (κ1) is 14.5. The third-order valence-electron chi connectivity index (χ3n) is 2.74. The van der Waals surface area contributed by atoms with E-state index in [1.807, 2.05) is 0 Å². The summed E-state index contributed by atoms with van der Waals surface area (Å²) in [4.78, 5) is 23.0. The van der Waals surface area contributed by atoms with Crippen molar-refractivity contribution in [3.63, 3.8) is 0 Å². The van der Waals surface area contributed by atoms with Crippen LogP contribution in [0.1, 0.15) is 20.7 Å². The number of aromatic carboxylic acids is 1. The molecular weight excluding hydrogens is 276 g/mol. The van der Waals surface area contributed by atoms with Crippen molar-refractivity contribution < 1.29 is 25.1 Å². The first-order valence-electron chi connectivity index (χ1n) is 5.88. The molecule has 0 atom stereocenters. The van der Waals surface area contributed by atoms with Crippen LogP contribution in [0.4, 0.5) is 11.4 Å². The second-order valence-electron chi connectivity index (χ2n) is 4.13. The Balaban J connectivity index is 2.35. The maximum Gasteiger partial charge on any atom is 0.255 e. The lowest BCUT2D eigenvalue weighted by molar-refractivity contribution is -0.254. The largest absolute Gasteiger partial charge is 0.545 e. The van der Waals surface area contributed by atoms with Crippen LogP contribution in [0.2, 0.25) is 0 Å². The summed E-state index contributed by atoms with van der Waals surface area (Å²) in [6.45, 7) is 0. The van der Waals surface area contributed by atoms with Gasteiger partial charge in [-0.15, -0.1) is 5.23 Å². The Hall–Kier alpha value is -2.90. The number of rotatable bonds is 4. The molecule has 3 N–H and O–H groups in total. The van der Waals surface area contributed by atoms with Gasteiger partial charge in [-0.1, -0.05) is 18.2 Å². The first-order valence-corrected chi connectivity index (χ1v) is 5.88. The quantitative estimate of drug-likeness (QED) is 0.720. The van der Waals surface area contributed by atoms with E-state index in [1.54, 1.807) is 30.3 Å². The van der Waals surface area contributed by atoms with E-state index in [4.69, 9.17) is 10.4 Å². The highest BCUT2D eigenvalue weighted by Gasteiger charge is 2.12. The minimum absolute atomic E-state index is 0.102. The van der Waals surface area contributed by atoms with Crippen LogP contribution in [0.3, 0.4) is 0 Å². The Morgan fingerprint density at radius 1 is 1.05 bits per heavy atom. The fourth-order valence-corrected chi connectivity index (χ4v) is 1.72. The third kappa shape index (κ3) is 3.35. The van der Waals surface area contributed by atoms with Gasteiger partial charge in [0.15, 0.2) is 0 Å². The van der Waals surface area contributed by atoms with Crippen molar-refractivity contribution in [2.24, 2.45) is 0 Å². The number of amides is 1. The van der Waals surface area contributed by atoms with Gasteiger partial charge < -0.3 is 15.2 Å². The van der Waals surface area contributed by atoms with Crippen molar-refractivity contribution in [1.29, 1.82) is 0 Å². The molecule has 0 aliphatic rings. The molecule has 2 aromatic rings. The smallest absolute Gasteiger partial charge is 0.255 e. The maximum absolute atomic E-state index is 12.0. The van der Waals surface area contributed by atoms with Gasteiger partial charge in [0.2, 0.25) is 0 Å². The molecule has 0 fully saturated rings. The maximum atomic E-state index is 12.0. The minimum Gasteiger partial charge on any atom is -0.545 e. The molecule has 1 amide bonds. The van der Waals surface area contributed by atoms with Crippen LogP contribution in [0.15, 0.2) is 48.5 Å². The minimum atomic E-state index is -1.49. The van der Waals surface area contributed by atoms with Crippen molar-refractivity contribution in [2.75, 3.05) is 10.5 Å². The summed E-state index contributed by atoms with van der Waals surface area (Å²) in [5.74, 6) is -2.02. The third-order valence-corrected chi connectivity index (χ3v) is 2.74. The average Bonchev–Trinajstić information content (AvgIpc) is 2.47. The molecule has 0 saturated heterocycles. The van der Waals surface area contributed by atoms with Crippen LogP contribution in [0.25, 0.3) is 0 Å². The Morgan fingerprint density at radius 3 is 2.29 bits per heavy atom. The number of carboxylic acid groups (broad SMARTS) is 1. The number of nitrogens with one attached hydrogen (secondary N) is 1. The lowest BCUT2D eigenvalue weighted by Crippen LogP contribution is -2.25. The lowest BCUT2D eigenvalue weighted by atomic mass is 10.1. The summed E-state index contributed by atoms with van der Waals surface area (Å²) >= 11 is 0. The number of carbonyl (C=O) groups is 2. The van der Waals surface area contributed by atoms with E-state index in [0.29, 0.717) is 5.56 Å². The molecule has 0 aromatic heterocycles. The van der Waals surface area contributed by atoms with E-state index in [9.17, 15) is 14.7 Å². The molecule has 108 valence electrons. The lowest BCUT2D eigenvalue weighted by Gasteiger charge is -2.15. The van der Waals surface area contributed by atoms with E-state index >= 15 is 0 Å². The van der Waals surface area contributed by atoms with Gasteiger partial charge in [0.1, 0.15) is 0 Å². The number of nitrogens with zero attached hydrogens (tertiary/aromatic N) is 1. The number of carbonyl (C=O) groups excluding carboxylic acids is 2. The predicted molar refractivity (Wildman–Crippen MR) is 71.2 cm³/mol. The zero-order valence-electron chi connectivity index (χ0n) is 10.7. The van der Waals surface area contributed by atoms with Crippen LogP contribution >= 0.6 is 0 Å². The topological polar surface area (TPSA) is 113 Å². The molecule has 7 heteroatoms. The molecule has 0 spiro atoms. The Morgan fingerprint density at radius 2 is 1.71 bits per heavy atom. The van der Waals surface area contributed by atoms with Gasteiger partial charge in [-0.25, -0.2) is 0 Å². The number of hydrogen-bond donors (Lipinski definition) is 3. The van der Waals surface area contributed by atoms with E-state index in [1.165, 1.54) is 0 Å². The van der Waals surface area contributed by atoms with Crippen LogP contribution in [-0.2, 0) is 0 Å². The average molecular weight is 287 g/mol. The molecule has 2 aromatic carbocycles. The summed E-state index contributed by atoms with van der Waals surface area (Å²) in [5, 5.41) is 31.1. The molecule has 2 rings (SSSR count). The molecule has 0 unspecified atom stereocenters. The number of anilines is 2. The van der Waals surface area contributed by atoms with E-state index in [-0.39, 0.29) is 22.2 Å². The second-order valence-corrected chi connectivity index (χ2v) is 4.13. The zero-order chi connectivity index (χ0) is 15.4. The fraction of sp³-hybridized carbons (Fsp3) is 0. The molecular formula is C14H11N2O5-. The van der Waals surface area contributed by atoms with Gasteiger partial charge in [-0.2, -0.15) is 0 Å². The van der Waals surface area contributed by atoms with E-state index < -0.39 is 11.9 Å². The summed E-state index contributed by atoms with van der Waals surface area (Å²) < 4.78 is 0. The predicted octanol–water partition coefficient (Wildman–Crippen LogP) is 0.887. The SMILES string of the molecule is O=C(Nc1cc(N(O)O)ccc1C(=O)[O-])c1ccccc1. The molecule has 0 aliphatic carbocycles.